The van der Waals surface area contributed by atoms with E-state index in [1.165, 1.54) is 58.0 Å². The molecule has 0 spiro atoms. The average molecular weight is 897 g/mol. The highest BCUT2D eigenvalue weighted by Gasteiger charge is 2.36. The molecule has 322 valence electrons. The van der Waals surface area contributed by atoms with Gasteiger partial charge in [0.25, 0.3) is 21.8 Å². The molecule has 13 nitrogen and oxygen atoms in total. The molecule has 1 aliphatic heterocycles. The molecule has 0 aliphatic carbocycles. The van der Waals surface area contributed by atoms with E-state index in [4.69, 9.17) is 0 Å². The number of sulfonamides is 1. The van der Waals surface area contributed by atoms with Crippen LogP contribution in [-0.4, -0.2) is 88.7 Å². The minimum Gasteiger partial charge on any atom is -0.508 e. The SMILES string of the molecule is O=C(NS(=O)(=O)c1ccc(NCCSc2ccccc2)c(C(F)(F)F)c1)c1ccc(N2CCN(C(=O)c3cc(-n4cc(-c5cccc(O)c5)cn4)cc(C(F)(F)F)c3)CC2)nn1. The number of benzene rings is 4. The van der Waals surface area contributed by atoms with Crippen LogP contribution in [0.3, 0.4) is 0 Å². The third kappa shape index (κ3) is 10.3. The molecule has 0 atom stereocenters. The summed E-state index contributed by atoms with van der Waals surface area (Å²) in [6.45, 7) is 0.606. The topological polar surface area (TPSA) is 163 Å². The van der Waals surface area contributed by atoms with Gasteiger partial charge in [-0.3, -0.25) is 9.59 Å². The molecule has 7 rings (SSSR count). The van der Waals surface area contributed by atoms with E-state index in [1.54, 1.807) is 21.8 Å². The Morgan fingerprint density at radius 2 is 1.55 bits per heavy atom. The van der Waals surface area contributed by atoms with Gasteiger partial charge in [-0.05, 0) is 78.4 Å². The van der Waals surface area contributed by atoms with Crippen molar-refractivity contribution in [1.82, 2.24) is 29.6 Å². The Hall–Kier alpha value is -6.61. The maximum Gasteiger partial charge on any atom is 0.418 e. The van der Waals surface area contributed by atoms with Crippen LogP contribution >= 0.6 is 11.8 Å². The third-order valence-corrected chi connectivity index (χ3v) is 11.9. The number of aromatic hydroxyl groups is 1. The highest BCUT2D eigenvalue weighted by molar-refractivity contribution is 7.99. The van der Waals surface area contributed by atoms with Crippen molar-refractivity contribution >= 4 is 45.1 Å². The fourth-order valence-corrected chi connectivity index (χ4v) is 8.23. The molecule has 2 aromatic heterocycles. The van der Waals surface area contributed by atoms with Crippen LogP contribution in [0, 0.1) is 0 Å². The Kier molecular flexibility index (Phi) is 12.5. The molecule has 1 fully saturated rings. The number of hydrogen-bond acceptors (Lipinski definition) is 11. The van der Waals surface area contributed by atoms with E-state index in [9.17, 15) is 49.5 Å². The van der Waals surface area contributed by atoms with E-state index in [1.807, 2.05) is 30.3 Å². The van der Waals surface area contributed by atoms with Gasteiger partial charge in [0.05, 0.1) is 27.9 Å². The molecule has 1 saturated heterocycles. The molecule has 21 heteroatoms. The molecule has 4 aromatic carbocycles. The zero-order valence-corrected chi connectivity index (χ0v) is 33.7. The van der Waals surface area contributed by atoms with Crippen LogP contribution in [0.2, 0.25) is 0 Å². The number of thioether (sulfide) groups is 1. The molecule has 62 heavy (non-hydrogen) atoms. The zero-order valence-electron chi connectivity index (χ0n) is 32.1. The van der Waals surface area contributed by atoms with Crippen molar-refractivity contribution in [3.63, 3.8) is 0 Å². The Morgan fingerprint density at radius 3 is 2.23 bits per heavy atom. The summed E-state index contributed by atoms with van der Waals surface area (Å²) in [7, 11) is -4.80. The Morgan fingerprint density at radius 1 is 0.790 bits per heavy atom. The lowest BCUT2D eigenvalue weighted by Gasteiger charge is -2.35. The predicted molar refractivity (Wildman–Crippen MR) is 218 cm³/mol. The van der Waals surface area contributed by atoms with Crippen molar-refractivity contribution < 1.29 is 49.5 Å². The summed E-state index contributed by atoms with van der Waals surface area (Å²) in [6.07, 6.45) is -6.81. The number of phenols is 1. The van der Waals surface area contributed by atoms with Crippen LogP contribution < -0.4 is 14.9 Å². The van der Waals surface area contributed by atoms with Gasteiger partial charge in [-0.1, -0.05) is 30.3 Å². The number of rotatable bonds is 12. The number of carbonyl (C=O) groups is 2. The molecule has 1 aliphatic rings. The van der Waals surface area contributed by atoms with Gasteiger partial charge in [0, 0.05) is 66.4 Å². The van der Waals surface area contributed by atoms with E-state index >= 15 is 0 Å². The van der Waals surface area contributed by atoms with Gasteiger partial charge in [-0.2, -0.15) is 31.4 Å². The van der Waals surface area contributed by atoms with Crippen molar-refractivity contribution in [1.29, 1.82) is 0 Å². The first-order valence-electron chi connectivity index (χ1n) is 18.6. The van der Waals surface area contributed by atoms with Gasteiger partial charge in [-0.15, -0.1) is 22.0 Å². The molecular weight excluding hydrogens is 863 g/mol. The summed E-state index contributed by atoms with van der Waals surface area (Å²) >= 11 is 1.42. The average Bonchev–Trinajstić information content (AvgIpc) is 3.75. The zero-order chi connectivity index (χ0) is 44.2. The highest BCUT2D eigenvalue weighted by atomic mass is 32.2. The summed E-state index contributed by atoms with van der Waals surface area (Å²) in [5.41, 5.74) is -2.22. The van der Waals surface area contributed by atoms with Gasteiger partial charge in [0.15, 0.2) is 11.5 Å². The van der Waals surface area contributed by atoms with Gasteiger partial charge in [0.1, 0.15) is 5.75 Å². The second-order valence-electron chi connectivity index (χ2n) is 13.8. The van der Waals surface area contributed by atoms with Crippen molar-refractivity contribution in [3.8, 4) is 22.6 Å². The summed E-state index contributed by atoms with van der Waals surface area (Å²) in [5.74, 6) is -1.26. The van der Waals surface area contributed by atoms with Crippen LogP contribution in [0.4, 0.5) is 37.8 Å². The molecule has 3 heterocycles. The molecule has 0 radical (unpaired) electrons. The van der Waals surface area contributed by atoms with Crippen LogP contribution in [0.5, 0.6) is 5.75 Å². The molecular formula is C41H34F6N8O5S2. The first-order valence-corrected chi connectivity index (χ1v) is 21.1. The minimum atomic E-state index is -4.92. The van der Waals surface area contributed by atoms with Crippen LogP contribution in [-0.2, 0) is 22.4 Å². The number of nitrogens with one attached hydrogen (secondary N) is 2. The van der Waals surface area contributed by atoms with Crippen molar-refractivity contribution in [2.75, 3.05) is 48.7 Å². The molecule has 0 bridgehead atoms. The number of alkyl halides is 6. The quantitative estimate of drug-likeness (QED) is 0.0640. The third-order valence-electron chi connectivity index (χ3n) is 9.56. The predicted octanol–water partition coefficient (Wildman–Crippen LogP) is 7.36. The standard InChI is InChI=1S/C41H34F6N8O5S2/c42-40(43,44)29-19-27(20-30(22-29)55-25-28(24-49-55)26-5-4-6-31(56)21-26)39(58)54-16-14-53(15-17-54)37-12-11-36(50-51-37)38(57)52-62(59,60)33-9-10-35(34(23-33)41(45,46)47)48-13-18-61-32-7-2-1-3-8-32/h1-12,19-25,48,56H,13-18H2,(H,52,57). The van der Waals surface area contributed by atoms with Crippen molar-refractivity contribution in [2.24, 2.45) is 0 Å². The smallest absolute Gasteiger partial charge is 0.418 e. The van der Waals surface area contributed by atoms with Crippen LogP contribution in [0.25, 0.3) is 16.8 Å². The number of halogens is 6. The Labute approximate surface area is 354 Å². The highest BCUT2D eigenvalue weighted by Crippen LogP contribution is 2.37. The van der Waals surface area contributed by atoms with E-state index in [0.29, 0.717) is 22.9 Å². The maximum atomic E-state index is 14.0. The lowest BCUT2D eigenvalue weighted by Crippen LogP contribution is -2.49. The summed E-state index contributed by atoms with van der Waals surface area (Å²) in [5, 5.41) is 24.5. The number of anilines is 2. The number of piperazine rings is 1. The second kappa shape index (κ2) is 17.8. The van der Waals surface area contributed by atoms with Crippen LogP contribution in [0.1, 0.15) is 32.0 Å². The molecule has 0 saturated carbocycles. The van der Waals surface area contributed by atoms with Crippen molar-refractivity contribution in [3.05, 3.63) is 138 Å². The molecule has 0 unspecified atom stereocenters. The minimum absolute atomic E-state index is 0.00497. The van der Waals surface area contributed by atoms with E-state index < -0.39 is 55.9 Å². The number of nitrogens with zero attached hydrogens (tertiary/aromatic N) is 6. The maximum absolute atomic E-state index is 14.0. The summed E-state index contributed by atoms with van der Waals surface area (Å²) in [4.78, 5) is 29.7. The van der Waals surface area contributed by atoms with E-state index in [-0.39, 0.29) is 61.2 Å². The fourth-order valence-electron chi connectivity index (χ4n) is 6.45. The Balaban J connectivity index is 0.972. The first-order chi connectivity index (χ1) is 29.4. The Bertz CT molecular complexity index is 2690. The van der Waals surface area contributed by atoms with Crippen LogP contribution in [0.15, 0.2) is 125 Å². The largest absolute Gasteiger partial charge is 0.508 e. The van der Waals surface area contributed by atoms with Gasteiger partial charge in [-0.25, -0.2) is 17.8 Å². The number of aromatic nitrogens is 4. The lowest BCUT2D eigenvalue weighted by atomic mass is 10.1. The lowest BCUT2D eigenvalue weighted by molar-refractivity contribution is -0.138. The molecule has 6 aromatic rings. The summed E-state index contributed by atoms with van der Waals surface area (Å²) in [6, 6.07) is 23.3. The molecule has 2 amide bonds. The molecule has 3 N–H and O–H groups in total. The monoisotopic (exact) mass is 896 g/mol. The van der Waals surface area contributed by atoms with Gasteiger partial charge >= 0.3 is 12.4 Å². The normalized spacial score (nSPS) is 13.5. The first kappa shape index (κ1) is 43.5. The van der Waals surface area contributed by atoms with Gasteiger partial charge in [0.2, 0.25) is 0 Å². The fraction of sp³-hybridized carbons (Fsp3) is 0.195. The number of hydrogen-bond donors (Lipinski definition) is 3. The van der Waals surface area contributed by atoms with E-state index in [0.717, 1.165) is 35.2 Å². The number of amides is 2. The van der Waals surface area contributed by atoms with E-state index in [2.05, 4.69) is 20.6 Å². The number of carbonyl (C=O) groups excluding carboxylic acids is 2. The summed E-state index contributed by atoms with van der Waals surface area (Å²) < 4.78 is 113. The second-order valence-corrected chi connectivity index (χ2v) is 16.6. The number of phenolic OH excluding ortho intramolecular Hbond substituents is 1. The van der Waals surface area contributed by atoms with Crippen molar-refractivity contribution in [2.45, 2.75) is 22.1 Å². The van der Waals surface area contributed by atoms with Gasteiger partial charge < -0.3 is 20.2 Å².